The van der Waals surface area contributed by atoms with Crippen LogP contribution >= 0.6 is 0 Å². The van der Waals surface area contributed by atoms with E-state index in [0.29, 0.717) is 12.6 Å². The normalized spacial score (nSPS) is 21.6. The minimum atomic E-state index is -0.844. The highest BCUT2D eigenvalue weighted by atomic mass is 16.5. The van der Waals surface area contributed by atoms with Gasteiger partial charge in [0.05, 0.1) is 7.11 Å². The summed E-state index contributed by atoms with van der Waals surface area (Å²) in [6.45, 7) is 9.32. The predicted molar refractivity (Wildman–Crippen MR) is 73.2 cm³/mol. The summed E-state index contributed by atoms with van der Waals surface area (Å²) in [5.41, 5.74) is 5.64. The number of nitrogens with two attached hydrogens (primary N) is 1. The van der Waals surface area contributed by atoms with Crippen molar-refractivity contribution in [3.63, 3.8) is 0 Å². The largest absolute Gasteiger partial charge is 0.468 e. The van der Waals surface area contributed by atoms with E-state index in [9.17, 15) is 4.79 Å². The average Bonchev–Trinajstić information content (AvgIpc) is 3.09. The lowest BCUT2D eigenvalue weighted by Gasteiger charge is -2.39. The molecule has 0 amide bonds. The predicted octanol–water partition coefficient (Wildman–Crippen LogP) is 1.63. The summed E-state index contributed by atoms with van der Waals surface area (Å²) >= 11 is 0. The zero-order chi connectivity index (χ0) is 14.1. The van der Waals surface area contributed by atoms with E-state index in [1.54, 1.807) is 0 Å². The van der Waals surface area contributed by atoms with Crippen LogP contribution in [0.2, 0.25) is 0 Å². The van der Waals surface area contributed by atoms with Gasteiger partial charge in [-0.15, -0.1) is 0 Å². The molecule has 0 aromatic heterocycles. The van der Waals surface area contributed by atoms with Gasteiger partial charge in [-0.25, -0.2) is 0 Å². The highest BCUT2D eigenvalue weighted by Gasteiger charge is 2.50. The number of likely N-dealkylation sites (N-methyl/N-ethyl adjacent to an activating group) is 1. The van der Waals surface area contributed by atoms with E-state index < -0.39 is 5.54 Å². The summed E-state index contributed by atoms with van der Waals surface area (Å²) in [7, 11) is 3.45. The second-order valence-electron chi connectivity index (χ2n) is 6.76. The maximum Gasteiger partial charge on any atom is 0.327 e. The van der Waals surface area contributed by atoms with Gasteiger partial charge in [0, 0.05) is 12.6 Å². The van der Waals surface area contributed by atoms with Crippen molar-refractivity contribution in [3.8, 4) is 0 Å². The Kier molecular flexibility index (Phi) is 4.44. The Bertz CT molecular complexity index is 307. The average molecular weight is 256 g/mol. The number of hydrogen-bond donors (Lipinski definition) is 1. The standard InChI is InChI=1S/C14H28N2O2/c1-10(13(2,3)4)16(5)9-14(15,11-7-8-11)12(17)18-6/h10-11H,7-9,15H2,1-6H3. The number of esters is 1. The van der Waals surface area contributed by atoms with Gasteiger partial charge in [-0.05, 0) is 38.1 Å². The van der Waals surface area contributed by atoms with Crippen LogP contribution in [0.25, 0.3) is 0 Å². The Morgan fingerprint density at radius 1 is 1.44 bits per heavy atom. The van der Waals surface area contributed by atoms with E-state index in [-0.39, 0.29) is 17.3 Å². The van der Waals surface area contributed by atoms with Crippen LogP contribution in [0.1, 0.15) is 40.5 Å². The molecular formula is C14H28N2O2. The second kappa shape index (κ2) is 5.17. The molecule has 0 bridgehead atoms. The minimum Gasteiger partial charge on any atom is -0.468 e. The van der Waals surface area contributed by atoms with Crippen molar-refractivity contribution < 1.29 is 9.53 Å². The molecule has 1 aliphatic rings. The number of carbonyl (C=O) groups is 1. The summed E-state index contributed by atoms with van der Waals surface area (Å²) in [6, 6.07) is 0.351. The lowest BCUT2D eigenvalue weighted by molar-refractivity contribution is -0.149. The first kappa shape index (κ1) is 15.4. The number of methoxy groups -OCH3 is 1. The number of ether oxygens (including phenoxy) is 1. The van der Waals surface area contributed by atoms with Gasteiger partial charge in [0.1, 0.15) is 5.54 Å². The summed E-state index contributed by atoms with van der Waals surface area (Å²) in [5, 5.41) is 0. The molecule has 0 aromatic carbocycles. The molecule has 4 heteroatoms. The van der Waals surface area contributed by atoms with Gasteiger partial charge in [-0.3, -0.25) is 4.79 Å². The van der Waals surface area contributed by atoms with Crippen molar-refractivity contribution in [2.24, 2.45) is 17.1 Å². The number of nitrogens with zero attached hydrogens (tertiary/aromatic N) is 1. The van der Waals surface area contributed by atoms with Gasteiger partial charge in [0.15, 0.2) is 0 Å². The first-order valence-corrected chi connectivity index (χ1v) is 6.70. The fourth-order valence-corrected chi connectivity index (χ4v) is 2.36. The van der Waals surface area contributed by atoms with Crippen LogP contribution in [0.4, 0.5) is 0 Å². The van der Waals surface area contributed by atoms with Crippen molar-refractivity contribution in [3.05, 3.63) is 0 Å². The Labute approximate surface area is 111 Å². The van der Waals surface area contributed by atoms with Crippen LogP contribution in [0, 0.1) is 11.3 Å². The Morgan fingerprint density at radius 3 is 2.28 bits per heavy atom. The van der Waals surface area contributed by atoms with Crippen molar-refractivity contribution in [2.75, 3.05) is 20.7 Å². The quantitative estimate of drug-likeness (QED) is 0.760. The number of carbonyl (C=O) groups excluding carboxylic acids is 1. The van der Waals surface area contributed by atoms with E-state index in [2.05, 4.69) is 32.6 Å². The first-order chi connectivity index (χ1) is 8.13. The third-order valence-corrected chi connectivity index (χ3v) is 4.30. The number of hydrogen-bond acceptors (Lipinski definition) is 4. The van der Waals surface area contributed by atoms with Crippen LogP contribution in [-0.2, 0) is 9.53 Å². The molecule has 0 spiro atoms. The molecule has 2 atom stereocenters. The SMILES string of the molecule is COC(=O)C(N)(CN(C)C(C)C(C)(C)C)C1CC1. The summed E-state index contributed by atoms with van der Waals surface area (Å²) in [6.07, 6.45) is 2.06. The maximum atomic E-state index is 11.9. The molecule has 1 saturated carbocycles. The lowest BCUT2D eigenvalue weighted by atomic mass is 9.85. The van der Waals surface area contributed by atoms with Gasteiger partial charge >= 0.3 is 5.97 Å². The molecule has 0 radical (unpaired) electrons. The fourth-order valence-electron chi connectivity index (χ4n) is 2.36. The van der Waals surface area contributed by atoms with E-state index in [1.165, 1.54) is 7.11 Å². The highest BCUT2D eigenvalue weighted by Crippen LogP contribution is 2.40. The van der Waals surface area contributed by atoms with Crippen LogP contribution in [-0.4, -0.2) is 43.2 Å². The van der Waals surface area contributed by atoms with Gasteiger partial charge in [0.2, 0.25) is 0 Å². The molecule has 0 aromatic rings. The molecular weight excluding hydrogens is 228 g/mol. The zero-order valence-electron chi connectivity index (χ0n) is 12.6. The summed E-state index contributed by atoms with van der Waals surface area (Å²) in [5.74, 6) is -0.00229. The van der Waals surface area contributed by atoms with Gasteiger partial charge in [-0.2, -0.15) is 0 Å². The molecule has 106 valence electrons. The van der Waals surface area contributed by atoms with E-state index in [0.717, 1.165) is 12.8 Å². The van der Waals surface area contributed by atoms with E-state index in [4.69, 9.17) is 10.5 Å². The Balaban J connectivity index is 2.76. The monoisotopic (exact) mass is 256 g/mol. The molecule has 2 unspecified atom stereocenters. The van der Waals surface area contributed by atoms with Crippen molar-refractivity contribution in [1.29, 1.82) is 0 Å². The Morgan fingerprint density at radius 2 is 1.94 bits per heavy atom. The van der Waals surface area contributed by atoms with Crippen LogP contribution < -0.4 is 5.73 Å². The highest BCUT2D eigenvalue weighted by molar-refractivity contribution is 5.81. The Hall–Kier alpha value is -0.610. The molecule has 1 aliphatic carbocycles. The summed E-state index contributed by atoms with van der Waals surface area (Å²) < 4.78 is 4.89. The smallest absolute Gasteiger partial charge is 0.327 e. The molecule has 0 saturated heterocycles. The van der Waals surface area contributed by atoms with Crippen LogP contribution in [0.15, 0.2) is 0 Å². The van der Waals surface area contributed by atoms with Crippen molar-refractivity contribution in [2.45, 2.75) is 52.1 Å². The minimum absolute atomic E-state index is 0.162. The van der Waals surface area contributed by atoms with E-state index in [1.807, 2.05) is 7.05 Å². The maximum absolute atomic E-state index is 11.9. The molecule has 18 heavy (non-hydrogen) atoms. The van der Waals surface area contributed by atoms with Gasteiger partial charge in [-0.1, -0.05) is 20.8 Å². The molecule has 0 aliphatic heterocycles. The lowest BCUT2D eigenvalue weighted by Crippen LogP contribution is -2.60. The van der Waals surface area contributed by atoms with Crippen LogP contribution in [0.3, 0.4) is 0 Å². The second-order valence-corrected chi connectivity index (χ2v) is 6.76. The van der Waals surface area contributed by atoms with E-state index >= 15 is 0 Å². The molecule has 1 rings (SSSR count). The van der Waals surface area contributed by atoms with Crippen molar-refractivity contribution in [1.82, 2.24) is 4.90 Å². The van der Waals surface area contributed by atoms with Gasteiger partial charge < -0.3 is 15.4 Å². The molecule has 1 fully saturated rings. The third-order valence-electron chi connectivity index (χ3n) is 4.30. The summed E-state index contributed by atoms with van der Waals surface area (Å²) in [4.78, 5) is 14.1. The molecule has 4 nitrogen and oxygen atoms in total. The topological polar surface area (TPSA) is 55.6 Å². The van der Waals surface area contributed by atoms with Gasteiger partial charge in [0.25, 0.3) is 0 Å². The number of rotatable bonds is 5. The van der Waals surface area contributed by atoms with Crippen LogP contribution in [0.5, 0.6) is 0 Å². The first-order valence-electron chi connectivity index (χ1n) is 6.70. The zero-order valence-corrected chi connectivity index (χ0v) is 12.6. The molecule has 2 N–H and O–H groups in total. The molecule has 0 heterocycles. The fraction of sp³-hybridized carbons (Fsp3) is 0.929. The van der Waals surface area contributed by atoms with Crippen molar-refractivity contribution >= 4 is 5.97 Å². The third kappa shape index (κ3) is 3.23.